The Balaban J connectivity index is 1.47. The third-order valence-electron chi connectivity index (χ3n) is 8.90. The third kappa shape index (κ3) is 2.86. The van der Waals surface area contributed by atoms with Crippen LogP contribution in [0.25, 0.3) is 0 Å². The monoisotopic (exact) mass is 346 g/mol. The van der Waals surface area contributed by atoms with E-state index in [0.717, 1.165) is 55.3 Å². The van der Waals surface area contributed by atoms with Gasteiger partial charge >= 0.3 is 5.97 Å². The minimum atomic E-state index is -0.123. The van der Waals surface area contributed by atoms with Crippen molar-refractivity contribution in [1.82, 2.24) is 0 Å². The Morgan fingerprint density at radius 1 is 0.920 bits per heavy atom. The van der Waals surface area contributed by atoms with Crippen LogP contribution in [0.4, 0.5) is 0 Å². The SMILES string of the molecule is CCC1CC(CC)C2C3CC(CC3C(=O)OC3(CC)CCCCC3)C12. The number of carbonyl (C=O) groups excluding carboxylic acids is 1. The normalized spacial score (nSPS) is 44.7. The zero-order chi connectivity index (χ0) is 17.6. The predicted octanol–water partition coefficient (Wildman–Crippen LogP) is 5.99. The molecule has 7 atom stereocenters. The van der Waals surface area contributed by atoms with E-state index in [1.165, 1.54) is 44.9 Å². The summed E-state index contributed by atoms with van der Waals surface area (Å²) in [5.41, 5.74) is -0.123. The standard InChI is InChI=1S/C23H38O2/c1-4-15-12-16(5-2)21-18-13-17(20(15)21)14-19(18)22(24)25-23(6-3)10-8-7-9-11-23/h15-21H,4-14H2,1-3H3. The van der Waals surface area contributed by atoms with Gasteiger partial charge in [-0.3, -0.25) is 4.79 Å². The van der Waals surface area contributed by atoms with E-state index in [1.807, 2.05) is 0 Å². The molecule has 0 aromatic heterocycles. The van der Waals surface area contributed by atoms with Gasteiger partial charge in [-0.15, -0.1) is 0 Å². The molecule has 4 aliphatic carbocycles. The second-order valence-corrected chi connectivity index (χ2v) is 9.75. The molecule has 0 aliphatic heterocycles. The fourth-order valence-electron chi connectivity index (χ4n) is 7.68. The molecular formula is C23H38O2. The minimum absolute atomic E-state index is 0.123. The first-order valence-corrected chi connectivity index (χ1v) is 11.3. The summed E-state index contributed by atoms with van der Waals surface area (Å²) in [6.45, 7) is 6.96. The molecule has 2 heteroatoms. The van der Waals surface area contributed by atoms with Gasteiger partial charge in [0.1, 0.15) is 5.60 Å². The van der Waals surface area contributed by atoms with Crippen molar-refractivity contribution >= 4 is 5.97 Å². The summed E-state index contributed by atoms with van der Waals surface area (Å²) in [4.78, 5) is 13.2. The van der Waals surface area contributed by atoms with Crippen molar-refractivity contribution in [2.24, 2.45) is 41.4 Å². The summed E-state index contributed by atoms with van der Waals surface area (Å²) in [5.74, 6) is 5.43. The summed E-state index contributed by atoms with van der Waals surface area (Å²) >= 11 is 0. The van der Waals surface area contributed by atoms with Gasteiger partial charge in [0.25, 0.3) is 0 Å². The molecule has 4 rings (SSSR count). The van der Waals surface area contributed by atoms with Gasteiger partial charge in [0.05, 0.1) is 5.92 Å². The van der Waals surface area contributed by atoms with Crippen molar-refractivity contribution in [2.45, 2.75) is 97.0 Å². The van der Waals surface area contributed by atoms with Crippen molar-refractivity contribution in [3.8, 4) is 0 Å². The molecule has 0 amide bonds. The number of hydrogen-bond acceptors (Lipinski definition) is 2. The van der Waals surface area contributed by atoms with Gasteiger partial charge in [-0.1, -0.05) is 40.0 Å². The average molecular weight is 347 g/mol. The highest BCUT2D eigenvalue weighted by atomic mass is 16.6. The van der Waals surface area contributed by atoms with Crippen LogP contribution in [0.2, 0.25) is 0 Å². The van der Waals surface area contributed by atoms with Crippen LogP contribution < -0.4 is 0 Å². The molecule has 4 saturated carbocycles. The molecule has 4 fully saturated rings. The van der Waals surface area contributed by atoms with Crippen LogP contribution in [-0.4, -0.2) is 11.6 Å². The first kappa shape index (κ1) is 17.9. The van der Waals surface area contributed by atoms with Gasteiger partial charge in [0.2, 0.25) is 0 Å². The van der Waals surface area contributed by atoms with Crippen LogP contribution in [-0.2, 0) is 9.53 Å². The summed E-state index contributed by atoms with van der Waals surface area (Å²) in [7, 11) is 0. The summed E-state index contributed by atoms with van der Waals surface area (Å²) in [5, 5.41) is 0. The van der Waals surface area contributed by atoms with Crippen LogP contribution in [0, 0.1) is 41.4 Å². The highest BCUT2D eigenvalue weighted by Crippen LogP contribution is 2.65. The lowest BCUT2D eigenvalue weighted by Gasteiger charge is -2.39. The number of fused-ring (bicyclic) bond motifs is 5. The maximum atomic E-state index is 13.2. The Labute approximate surface area is 154 Å². The molecule has 7 unspecified atom stereocenters. The van der Waals surface area contributed by atoms with E-state index in [4.69, 9.17) is 4.74 Å². The fourth-order valence-corrected chi connectivity index (χ4v) is 7.68. The van der Waals surface area contributed by atoms with E-state index in [9.17, 15) is 4.79 Å². The molecule has 0 N–H and O–H groups in total. The minimum Gasteiger partial charge on any atom is -0.459 e. The Bertz CT molecular complexity index is 492. The van der Waals surface area contributed by atoms with E-state index in [2.05, 4.69) is 20.8 Å². The topological polar surface area (TPSA) is 26.3 Å². The zero-order valence-corrected chi connectivity index (χ0v) is 16.6. The summed E-state index contributed by atoms with van der Waals surface area (Å²) in [6, 6.07) is 0. The van der Waals surface area contributed by atoms with Crippen molar-refractivity contribution in [3.63, 3.8) is 0 Å². The molecule has 0 radical (unpaired) electrons. The molecule has 0 aromatic rings. The molecule has 2 bridgehead atoms. The summed E-state index contributed by atoms with van der Waals surface area (Å²) < 4.78 is 6.30. The van der Waals surface area contributed by atoms with Crippen LogP contribution in [0.5, 0.6) is 0 Å². The van der Waals surface area contributed by atoms with E-state index >= 15 is 0 Å². The van der Waals surface area contributed by atoms with Crippen LogP contribution >= 0.6 is 0 Å². The Hall–Kier alpha value is -0.530. The zero-order valence-electron chi connectivity index (χ0n) is 16.6. The smallest absolute Gasteiger partial charge is 0.309 e. The average Bonchev–Trinajstić information content (AvgIpc) is 3.32. The molecular weight excluding hydrogens is 308 g/mol. The summed E-state index contributed by atoms with van der Waals surface area (Å²) in [6.07, 6.45) is 13.5. The van der Waals surface area contributed by atoms with Crippen molar-refractivity contribution in [2.75, 3.05) is 0 Å². The Kier molecular flexibility index (Phi) is 4.92. The predicted molar refractivity (Wildman–Crippen MR) is 101 cm³/mol. The van der Waals surface area contributed by atoms with Crippen LogP contribution in [0.15, 0.2) is 0 Å². The lowest BCUT2D eigenvalue weighted by molar-refractivity contribution is -0.172. The maximum absolute atomic E-state index is 13.2. The molecule has 0 spiro atoms. The lowest BCUT2D eigenvalue weighted by atomic mass is 9.70. The Morgan fingerprint density at radius 2 is 1.60 bits per heavy atom. The number of carbonyl (C=O) groups is 1. The number of ether oxygens (including phenoxy) is 1. The number of hydrogen-bond donors (Lipinski definition) is 0. The third-order valence-corrected chi connectivity index (χ3v) is 8.90. The maximum Gasteiger partial charge on any atom is 0.309 e. The largest absolute Gasteiger partial charge is 0.459 e. The highest BCUT2D eigenvalue weighted by Gasteiger charge is 2.61. The van der Waals surface area contributed by atoms with E-state index < -0.39 is 0 Å². The number of esters is 1. The molecule has 0 saturated heterocycles. The van der Waals surface area contributed by atoms with Crippen LogP contribution in [0.3, 0.4) is 0 Å². The Morgan fingerprint density at radius 3 is 2.24 bits per heavy atom. The highest BCUT2D eigenvalue weighted by molar-refractivity contribution is 5.74. The molecule has 142 valence electrons. The van der Waals surface area contributed by atoms with Gasteiger partial charge in [0, 0.05) is 0 Å². The second-order valence-electron chi connectivity index (χ2n) is 9.75. The van der Waals surface area contributed by atoms with E-state index in [1.54, 1.807) is 0 Å². The van der Waals surface area contributed by atoms with Gasteiger partial charge in [0.15, 0.2) is 0 Å². The van der Waals surface area contributed by atoms with Gasteiger partial charge in [-0.05, 0) is 86.9 Å². The molecule has 4 aliphatic rings. The lowest BCUT2D eigenvalue weighted by Crippen LogP contribution is -2.41. The van der Waals surface area contributed by atoms with Crippen molar-refractivity contribution < 1.29 is 9.53 Å². The van der Waals surface area contributed by atoms with E-state index in [0.29, 0.717) is 5.92 Å². The van der Waals surface area contributed by atoms with Gasteiger partial charge in [-0.2, -0.15) is 0 Å². The fraction of sp³-hybridized carbons (Fsp3) is 0.957. The second kappa shape index (κ2) is 6.89. The molecule has 25 heavy (non-hydrogen) atoms. The number of rotatable bonds is 5. The van der Waals surface area contributed by atoms with E-state index in [-0.39, 0.29) is 17.5 Å². The first-order valence-electron chi connectivity index (χ1n) is 11.3. The molecule has 2 nitrogen and oxygen atoms in total. The quantitative estimate of drug-likeness (QED) is 0.572. The molecule has 0 heterocycles. The van der Waals surface area contributed by atoms with Crippen molar-refractivity contribution in [3.05, 3.63) is 0 Å². The van der Waals surface area contributed by atoms with Crippen molar-refractivity contribution in [1.29, 1.82) is 0 Å². The van der Waals surface area contributed by atoms with Gasteiger partial charge in [-0.25, -0.2) is 0 Å². The molecule has 0 aromatic carbocycles. The first-order chi connectivity index (χ1) is 12.1. The van der Waals surface area contributed by atoms with Crippen LogP contribution in [0.1, 0.15) is 91.4 Å². The van der Waals surface area contributed by atoms with Gasteiger partial charge < -0.3 is 4.74 Å².